The maximum absolute atomic E-state index is 14.2. The van der Waals surface area contributed by atoms with Gasteiger partial charge in [0.1, 0.15) is 11.6 Å². The molecular weight excluding hydrogens is 380 g/mol. The second-order valence-corrected chi connectivity index (χ2v) is 6.33. The van der Waals surface area contributed by atoms with E-state index in [1.165, 1.54) is 19.1 Å². The molecule has 1 amide bonds. The third-order valence-electron chi connectivity index (χ3n) is 4.05. The molecule has 0 aliphatic rings. The van der Waals surface area contributed by atoms with E-state index in [1.54, 1.807) is 6.07 Å². The summed E-state index contributed by atoms with van der Waals surface area (Å²) in [6.07, 6.45) is 0. The number of halogens is 3. The van der Waals surface area contributed by atoms with Gasteiger partial charge in [0.05, 0.1) is 28.5 Å². The number of nitrogens with one attached hydrogen (secondary N) is 2. The molecule has 140 valence electrons. The zero-order valence-corrected chi connectivity index (χ0v) is 14.8. The van der Waals surface area contributed by atoms with E-state index in [-0.39, 0.29) is 28.0 Å². The van der Waals surface area contributed by atoms with Gasteiger partial charge in [0, 0.05) is 18.6 Å². The standard InChI is InChI=1S/C18H14ClF2N3O3/c1-9(25)22-15(11-6-5-10(20)7-14(11)21)8-24-17(26)12-3-2-4-13(19)16(12)23-18(24)27/h2-7,15H,8H2,1H3,(H,22,25)(H,23,27)/t15-/m1/s1. The molecule has 0 aliphatic carbocycles. The van der Waals surface area contributed by atoms with Crippen molar-refractivity contribution in [3.63, 3.8) is 0 Å². The number of rotatable bonds is 4. The van der Waals surface area contributed by atoms with Gasteiger partial charge < -0.3 is 10.3 Å². The van der Waals surface area contributed by atoms with Crippen LogP contribution in [0.25, 0.3) is 10.9 Å². The average Bonchev–Trinajstić information content (AvgIpc) is 2.58. The Balaban J connectivity index is 2.13. The van der Waals surface area contributed by atoms with Crippen molar-refractivity contribution in [1.29, 1.82) is 0 Å². The minimum atomic E-state index is -1.06. The Labute approximate surface area is 156 Å². The first-order chi connectivity index (χ1) is 12.8. The molecule has 27 heavy (non-hydrogen) atoms. The number of carbonyl (C=O) groups excluding carboxylic acids is 1. The molecular formula is C18H14ClF2N3O3. The van der Waals surface area contributed by atoms with Crippen LogP contribution in [0.4, 0.5) is 8.78 Å². The molecule has 0 aliphatic heterocycles. The van der Waals surface area contributed by atoms with Gasteiger partial charge in [0.25, 0.3) is 5.56 Å². The van der Waals surface area contributed by atoms with E-state index in [2.05, 4.69) is 10.3 Å². The van der Waals surface area contributed by atoms with Gasteiger partial charge in [-0.25, -0.2) is 13.6 Å². The molecule has 1 aromatic heterocycles. The highest BCUT2D eigenvalue weighted by Crippen LogP contribution is 2.20. The first kappa shape index (κ1) is 18.8. The summed E-state index contributed by atoms with van der Waals surface area (Å²) in [6.45, 7) is 0.861. The number of nitrogens with zero attached hydrogens (tertiary/aromatic N) is 1. The van der Waals surface area contributed by atoms with Crippen LogP contribution in [-0.4, -0.2) is 15.5 Å². The Bertz CT molecular complexity index is 1160. The van der Waals surface area contributed by atoms with E-state index in [4.69, 9.17) is 11.6 Å². The fourth-order valence-corrected chi connectivity index (χ4v) is 3.06. The van der Waals surface area contributed by atoms with Crippen LogP contribution in [0.5, 0.6) is 0 Å². The molecule has 0 saturated heterocycles. The lowest BCUT2D eigenvalue weighted by atomic mass is 10.1. The Morgan fingerprint density at radius 1 is 1.26 bits per heavy atom. The van der Waals surface area contributed by atoms with Crippen molar-refractivity contribution in [2.45, 2.75) is 19.5 Å². The fourth-order valence-electron chi connectivity index (χ4n) is 2.84. The fraction of sp³-hybridized carbons (Fsp3) is 0.167. The molecule has 0 fully saturated rings. The summed E-state index contributed by atoms with van der Waals surface area (Å²) >= 11 is 6.00. The minimum Gasteiger partial charge on any atom is -0.348 e. The van der Waals surface area contributed by atoms with Crippen molar-refractivity contribution in [3.8, 4) is 0 Å². The Morgan fingerprint density at radius 3 is 2.67 bits per heavy atom. The highest BCUT2D eigenvalue weighted by Gasteiger charge is 2.21. The zero-order chi connectivity index (χ0) is 19.7. The maximum Gasteiger partial charge on any atom is 0.328 e. The number of hydrogen-bond donors (Lipinski definition) is 2. The molecule has 0 saturated carbocycles. The van der Waals surface area contributed by atoms with Gasteiger partial charge in [-0.2, -0.15) is 0 Å². The summed E-state index contributed by atoms with van der Waals surface area (Å²) < 4.78 is 28.2. The molecule has 2 aromatic carbocycles. The predicted molar refractivity (Wildman–Crippen MR) is 96.8 cm³/mol. The summed E-state index contributed by atoms with van der Waals surface area (Å²) in [5, 5.41) is 2.85. The van der Waals surface area contributed by atoms with Gasteiger partial charge in [-0.3, -0.25) is 14.2 Å². The molecule has 0 bridgehead atoms. The summed E-state index contributed by atoms with van der Waals surface area (Å²) in [5.41, 5.74) is -1.27. The monoisotopic (exact) mass is 393 g/mol. The SMILES string of the molecule is CC(=O)N[C@H](Cn1c(=O)[nH]c2c(Cl)cccc2c1=O)c1ccc(F)cc1F. The number of hydrogen-bond acceptors (Lipinski definition) is 3. The second kappa shape index (κ2) is 7.32. The smallest absolute Gasteiger partial charge is 0.328 e. The van der Waals surface area contributed by atoms with E-state index in [9.17, 15) is 23.2 Å². The van der Waals surface area contributed by atoms with Gasteiger partial charge in [0.2, 0.25) is 5.91 Å². The molecule has 3 aromatic rings. The van der Waals surface area contributed by atoms with E-state index in [0.29, 0.717) is 6.07 Å². The lowest BCUT2D eigenvalue weighted by Gasteiger charge is -2.20. The Morgan fingerprint density at radius 2 is 2.00 bits per heavy atom. The van der Waals surface area contributed by atoms with Crippen LogP contribution in [-0.2, 0) is 11.3 Å². The number of benzene rings is 2. The van der Waals surface area contributed by atoms with Crippen molar-refractivity contribution >= 4 is 28.4 Å². The van der Waals surface area contributed by atoms with Crippen LogP contribution in [0.3, 0.4) is 0 Å². The van der Waals surface area contributed by atoms with Gasteiger partial charge in [0.15, 0.2) is 0 Å². The summed E-state index contributed by atoms with van der Waals surface area (Å²) in [5.74, 6) is -2.19. The van der Waals surface area contributed by atoms with Gasteiger partial charge >= 0.3 is 5.69 Å². The quantitative estimate of drug-likeness (QED) is 0.714. The van der Waals surface area contributed by atoms with Crippen molar-refractivity contribution in [2.24, 2.45) is 0 Å². The molecule has 0 unspecified atom stereocenters. The van der Waals surface area contributed by atoms with E-state index in [0.717, 1.165) is 16.7 Å². The van der Waals surface area contributed by atoms with E-state index in [1.807, 2.05) is 0 Å². The van der Waals surface area contributed by atoms with Crippen LogP contribution >= 0.6 is 11.6 Å². The molecule has 1 heterocycles. The third-order valence-corrected chi connectivity index (χ3v) is 4.36. The molecule has 9 heteroatoms. The average molecular weight is 394 g/mol. The van der Waals surface area contributed by atoms with Crippen molar-refractivity contribution in [2.75, 3.05) is 0 Å². The number of para-hydroxylation sites is 1. The predicted octanol–water partition coefficient (Wildman–Crippen LogP) is 2.50. The van der Waals surface area contributed by atoms with Gasteiger partial charge in [-0.05, 0) is 18.2 Å². The number of H-pyrrole nitrogens is 1. The highest BCUT2D eigenvalue weighted by atomic mass is 35.5. The topological polar surface area (TPSA) is 84.0 Å². The highest BCUT2D eigenvalue weighted by molar-refractivity contribution is 6.34. The lowest BCUT2D eigenvalue weighted by Crippen LogP contribution is -2.40. The normalized spacial score (nSPS) is 12.1. The number of amides is 1. The first-order valence-corrected chi connectivity index (χ1v) is 8.29. The van der Waals surface area contributed by atoms with Crippen molar-refractivity contribution in [3.05, 3.63) is 79.5 Å². The van der Waals surface area contributed by atoms with Gasteiger partial charge in [-0.15, -0.1) is 0 Å². The third kappa shape index (κ3) is 3.75. The van der Waals surface area contributed by atoms with E-state index < -0.39 is 34.8 Å². The lowest BCUT2D eigenvalue weighted by molar-refractivity contribution is -0.119. The van der Waals surface area contributed by atoms with Crippen LogP contribution < -0.4 is 16.6 Å². The molecule has 6 nitrogen and oxygen atoms in total. The number of fused-ring (bicyclic) bond motifs is 1. The van der Waals surface area contributed by atoms with Crippen molar-refractivity contribution < 1.29 is 13.6 Å². The molecule has 2 N–H and O–H groups in total. The number of aromatic amines is 1. The minimum absolute atomic E-state index is 0.0518. The largest absolute Gasteiger partial charge is 0.348 e. The molecule has 3 rings (SSSR count). The Kier molecular flexibility index (Phi) is 5.09. The van der Waals surface area contributed by atoms with Crippen LogP contribution in [0.15, 0.2) is 46.0 Å². The maximum atomic E-state index is 14.2. The van der Waals surface area contributed by atoms with E-state index >= 15 is 0 Å². The van der Waals surface area contributed by atoms with Gasteiger partial charge in [-0.1, -0.05) is 23.7 Å². The Hall–Kier alpha value is -3.00. The summed E-state index contributed by atoms with van der Waals surface area (Å²) in [6, 6.07) is 6.36. The second-order valence-electron chi connectivity index (χ2n) is 5.93. The van der Waals surface area contributed by atoms with Crippen LogP contribution in [0.1, 0.15) is 18.5 Å². The zero-order valence-electron chi connectivity index (χ0n) is 14.1. The summed E-state index contributed by atoms with van der Waals surface area (Å²) in [4.78, 5) is 39.1. The van der Waals surface area contributed by atoms with Crippen molar-refractivity contribution in [1.82, 2.24) is 14.9 Å². The summed E-state index contributed by atoms with van der Waals surface area (Å²) in [7, 11) is 0. The first-order valence-electron chi connectivity index (χ1n) is 7.91. The molecule has 0 spiro atoms. The number of aromatic nitrogens is 2. The number of carbonyl (C=O) groups is 1. The van der Waals surface area contributed by atoms with Crippen LogP contribution in [0, 0.1) is 11.6 Å². The molecule has 0 radical (unpaired) electrons. The van der Waals surface area contributed by atoms with Crippen LogP contribution in [0.2, 0.25) is 5.02 Å². The molecule has 1 atom stereocenters.